The minimum atomic E-state index is -0.555. The number of aromatic nitrogens is 2. The molecule has 0 fully saturated rings. The number of ether oxygens (including phenoxy) is 2. The van der Waals surface area contributed by atoms with E-state index >= 15 is 0 Å². The van der Waals surface area contributed by atoms with Crippen molar-refractivity contribution >= 4 is 46.0 Å². The van der Waals surface area contributed by atoms with Crippen molar-refractivity contribution in [2.75, 3.05) is 18.5 Å². The number of carbonyl (C=O) groups is 1. The molecule has 1 heterocycles. The van der Waals surface area contributed by atoms with Crippen LogP contribution in [-0.2, 0) is 4.79 Å². The van der Waals surface area contributed by atoms with E-state index in [0.717, 1.165) is 16.9 Å². The first kappa shape index (κ1) is 32.8. The van der Waals surface area contributed by atoms with Gasteiger partial charge in [0.25, 0.3) is 17.2 Å². The molecule has 0 atom stereocenters. The number of nitro groups is 1. The summed E-state index contributed by atoms with van der Waals surface area (Å²) in [5.74, 6) is 0.829. The molecule has 240 valence electrons. The molecule has 1 amide bonds. The molecule has 5 rings (SSSR count). The van der Waals surface area contributed by atoms with Gasteiger partial charge in [-0.05, 0) is 85.5 Å². The van der Waals surface area contributed by atoms with Gasteiger partial charge >= 0.3 is 0 Å². The lowest BCUT2D eigenvalue weighted by molar-refractivity contribution is -0.384. The van der Waals surface area contributed by atoms with Gasteiger partial charge < -0.3 is 14.8 Å². The van der Waals surface area contributed by atoms with E-state index in [2.05, 4.69) is 24.3 Å². The quantitative estimate of drug-likeness (QED) is 0.0893. The lowest BCUT2D eigenvalue weighted by Crippen LogP contribution is -2.21. The molecule has 5 aromatic rings. The van der Waals surface area contributed by atoms with E-state index in [1.807, 2.05) is 26.0 Å². The number of hydrogen-bond acceptors (Lipinski definition) is 8. The third-order valence-electron chi connectivity index (χ3n) is 7.28. The van der Waals surface area contributed by atoms with Gasteiger partial charge in [0.15, 0.2) is 12.4 Å². The van der Waals surface area contributed by atoms with Gasteiger partial charge in [-0.3, -0.25) is 19.7 Å². The Labute approximate surface area is 275 Å². The van der Waals surface area contributed by atoms with Crippen LogP contribution in [0.2, 0.25) is 5.02 Å². The van der Waals surface area contributed by atoms with Gasteiger partial charge in [0, 0.05) is 34.0 Å². The Morgan fingerprint density at radius 3 is 2.51 bits per heavy atom. The van der Waals surface area contributed by atoms with E-state index in [9.17, 15) is 19.7 Å². The maximum absolute atomic E-state index is 13.9. The van der Waals surface area contributed by atoms with Crippen LogP contribution in [-0.4, -0.2) is 39.9 Å². The summed E-state index contributed by atoms with van der Waals surface area (Å²) in [5, 5.41) is 19.7. The van der Waals surface area contributed by atoms with Crippen LogP contribution in [0.5, 0.6) is 11.5 Å². The number of anilines is 1. The van der Waals surface area contributed by atoms with Crippen molar-refractivity contribution < 1.29 is 19.2 Å². The largest absolute Gasteiger partial charge is 0.494 e. The number of benzene rings is 4. The zero-order valence-corrected chi connectivity index (χ0v) is 26.9. The number of rotatable bonds is 11. The number of nitrogens with zero attached hydrogens (tertiary/aromatic N) is 4. The molecule has 0 aliphatic heterocycles. The van der Waals surface area contributed by atoms with Crippen LogP contribution in [0.15, 0.2) is 88.8 Å². The van der Waals surface area contributed by atoms with E-state index in [1.54, 1.807) is 48.5 Å². The summed E-state index contributed by atoms with van der Waals surface area (Å²) in [6, 6.07) is 21.3. The Bertz CT molecular complexity index is 2060. The lowest BCUT2D eigenvalue weighted by atomic mass is 9.96. The summed E-state index contributed by atoms with van der Waals surface area (Å²) in [6.07, 6.45) is 1.29. The van der Waals surface area contributed by atoms with Crippen LogP contribution in [0.4, 0.5) is 11.4 Å². The number of fused-ring (bicyclic) bond motifs is 1. The Morgan fingerprint density at radius 2 is 1.81 bits per heavy atom. The normalized spacial score (nSPS) is 11.3. The van der Waals surface area contributed by atoms with Gasteiger partial charge in [-0.25, -0.2) is 4.98 Å². The van der Waals surface area contributed by atoms with E-state index in [0.29, 0.717) is 33.8 Å². The molecule has 0 radical (unpaired) electrons. The van der Waals surface area contributed by atoms with Crippen LogP contribution in [0.1, 0.15) is 43.4 Å². The molecule has 0 bridgehead atoms. The fourth-order valence-electron chi connectivity index (χ4n) is 4.95. The van der Waals surface area contributed by atoms with Crippen LogP contribution in [0.3, 0.4) is 0 Å². The summed E-state index contributed by atoms with van der Waals surface area (Å²) in [4.78, 5) is 42.4. The predicted octanol–water partition coefficient (Wildman–Crippen LogP) is 7.36. The summed E-state index contributed by atoms with van der Waals surface area (Å²) in [6.45, 7) is 8.03. The van der Waals surface area contributed by atoms with Crippen molar-refractivity contribution in [1.82, 2.24) is 9.66 Å². The molecule has 0 spiro atoms. The summed E-state index contributed by atoms with van der Waals surface area (Å²) >= 11 is 5.92. The maximum atomic E-state index is 13.9. The van der Waals surface area contributed by atoms with Crippen LogP contribution < -0.4 is 20.3 Å². The first-order valence-corrected chi connectivity index (χ1v) is 15.2. The van der Waals surface area contributed by atoms with Crippen LogP contribution in [0.25, 0.3) is 22.3 Å². The predicted molar refractivity (Wildman–Crippen MR) is 183 cm³/mol. The van der Waals surface area contributed by atoms with Crippen molar-refractivity contribution in [3.63, 3.8) is 0 Å². The number of nitro benzene ring substituents is 1. The number of hydrogen-bond donors (Lipinski definition) is 1. The Balaban J connectivity index is 1.58. The highest BCUT2D eigenvalue weighted by atomic mass is 35.5. The van der Waals surface area contributed by atoms with Crippen molar-refractivity contribution in [2.45, 2.75) is 33.6 Å². The first-order chi connectivity index (χ1) is 22.5. The molecule has 0 aliphatic carbocycles. The van der Waals surface area contributed by atoms with Crippen molar-refractivity contribution in [2.24, 2.45) is 5.10 Å². The molecule has 0 saturated carbocycles. The minimum Gasteiger partial charge on any atom is -0.494 e. The topological polar surface area (TPSA) is 138 Å². The average Bonchev–Trinajstić information content (AvgIpc) is 3.04. The third-order valence-corrected chi connectivity index (χ3v) is 7.53. The molecule has 47 heavy (non-hydrogen) atoms. The van der Waals surface area contributed by atoms with Gasteiger partial charge in [0.2, 0.25) is 0 Å². The zero-order valence-electron chi connectivity index (χ0n) is 26.2. The number of halogens is 1. The molecule has 0 unspecified atom stereocenters. The van der Waals surface area contributed by atoms with E-state index in [1.165, 1.54) is 29.1 Å². The van der Waals surface area contributed by atoms with E-state index in [4.69, 9.17) is 26.1 Å². The molecule has 4 aromatic carbocycles. The molecular formula is C35H32ClN5O6. The maximum Gasteiger partial charge on any atom is 0.282 e. The number of aryl methyl sites for hydroxylation is 1. The van der Waals surface area contributed by atoms with Crippen molar-refractivity contribution in [3.8, 4) is 22.9 Å². The Hall–Kier alpha value is -5.55. The van der Waals surface area contributed by atoms with Gasteiger partial charge in [-0.15, -0.1) is 0 Å². The van der Waals surface area contributed by atoms with Crippen LogP contribution >= 0.6 is 11.6 Å². The second-order valence-electron chi connectivity index (χ2n) is 10.9. The lowest BCUT2D eigenvalue weighted by Gasteiger charge is -2.18. The molecule has 11 nitrogen and oxygen atoms in total. The highest BCUT2D eigenvalue weighted by molar-refractivity contribution is 6.30. The highest BCUT2D eigenvalue weighted by Gasteiger charge is 2.19. The smallest absolute Gasteiger partial charge is 0.282 e. The first-order valence-electron chi connectivity index (χ1n) is 14.9. The Kier molecular flexibility index (Phi) is 9.96. The number of non-ortho nitro benzene ring substituents is 1. The van der Waals surface area contributed by atoms with E-state index in [-0.39, 0.29) is 28.7 Å². The number of amides is 1. The third kappa shape index (κ3) is 7.47. The molecular weight excluding hydrogens is 622 g/mol. The second-order valence-corrected chi connectivity index (χ2v) is 11.4. The van der Waals surface area contributed by atoms with Gasteiger partial charge in [0.1, 0.15) is 11.5 Å². The summed E-state index contributed by atoms with van der Waals surface area (Å²) < 4.78 is 12.8. The minimum absolute atomic E-state index is 0.112. The average molecular weight is 654 g/mol. The van der Waals surface area contributed by atoms with Gasteiger partial charge in [-0.2, -0.15) is 9.78 Å². The van der Waals surface area contributed by atoms with Crippen molar-refractivity contribution in [1.29, 1.82) is 0 Å². The highest BCUT2D eigenvalue weighted by Crippen LogP contribution is 2.34. The SMILES string of the molecule is CCOc1cc(C)c(-c2nc3ccccc3c(=O)n2N=Cc2cc([N+](=O)[O-])ccc2OCC(=O)Nc2ccc(Cl)cc2)cc1C(C)C. The molecule has 12 heteroatoms. The summed E-state index contributed by atoms with van der Waals surface area (Å²) in [5.41, 5.74) is 2.96. The van der Waals surface area contributed by atoms with Gasteiger partial charge in [-0.1, -0.05) is 37.6 Å². The van der Waals surface area contributed by atoms with Gasteiger partial charge in [0.05, 0.1) is 28.6 Å². The standard InChI is InChI=1S/C35H32ClN5O6/c1-5-46-32-16-22(4)29(18-28(32)21(2)3)34-39-30-9-7-6-8-27(30)35(43)40(34)37-19-23-17-26(41(44)45)14-15-31(23)47-20-33(42)38-25-12-10-24(36)11-13-25/h6-19,21H,5,20H2,1-4H3,(H,38,42). The number of para-hydroxylation sites is 1. The zero-order chi connectivity index (χ0) is 33.7. The molecule has 0 aliphatic rings. The fraction of sp³-hybridized carbons (Fsp3) is 0.200. The molecule has 1 N–H and O–H groups in total. The second kappa shape index (κ2) is 14.3. The fourth-order valence-corrected chi connectivity index (χ4v) is 5.08. The number of carbonyl (C=O) groups excluding carboxylic acids is 1. The summed E-state index contributed by atoms with van der Waals surface area (Å²) in [7, 11) is 0. The molecule has 0 saturated heterocycles. The Morgan fingerprint density at radius 1 is 1.06 bits per heavy atom. The van der Waals surface area contributed by atoms with Crippen molar-refractivity contribution in [3.05, 3.63) is 121 Å². The van der Waals surface area contributed by atoms with E-state index < -0.39 is 23.0 Å². The molecule has 1 aromatic heterocycles. The monoisotopic (exact) mass is 653 g/mol. The van der Waals surface area contributed by atoms with Crippen LogP contribution in [0, 0.1) is 17.0 Å². The number of nitrogens with one attached hydrogen (secondary N) is 1.